The molecule has 15 heavy (non-hydrogen) atoms. The van der Waals surface area contributed by atoms with Gasteiger partial charge in [-0.05, 0) is 13.0 Å². The van der Waals surface area contributed by atoms with Crippen LogP contribution in [-0.4, -0.2) is 16.9 Å². The second kappa shape index (κ2) is 3.47. The molecule has 1 aromatic carbocycles. The summed E-state index contributed by atoms with van der Waals surface area (Å²) in [6.45, 7) is 1.39. The number of carbonyl (C=O) groups is 2. The fourth-order valence-electron chi connectivity index (χ4n) is 1.63. The van der Waals surface area contributed by atoms with E-state index in [9.17, 15) is 14.7 Å². The van der Waals surface area contributed by atoms with Crippen LogP contribution in [0.1, 0.15) is 35.4 Å². The Morgan fingerprint density at radius 1 is 1.53 bits per heavy atom. The van der Waals surface area contributed by atoms with Crippen LogP contribution in [0.2, 0.25) is 0 Å². The highest BCUT2D eigenvalue weighted by molar-refractivity contribution is 5.98. The number of carbonyl (C=O) groups excluding carboxylic acids is 2. The van der Waals surface area contributed by atoms with Gasteiger partial charge in [0.25, 0.3) is 0 Å². The first-order valence-electron chi connectivity index (χ1n) is 4.62. The summed E-state index contributed by atoms with van der Waals surface area (Å²) in [5, 5.41) is 9.63. The van der Waals surface area contributed by atoms with Gasteiger partial charge in [-0.25, -0.2) is 0 Å². The summed E-state index contributed by atoms with van der Waals surface area (Å²) < 4.78 is 4.97. The maximum absolute atomic E-state index is 11.3. The number of rotatable bonds is 1. The predicted octanol–water partition coefficient (Wildman–Crippen LogP) is 1.23. The molecule has 1 heterocycles. The first kappa shape index (κ1) is 9.86. The molecule has 1 unspecified atom stereocenters. The maximum atomic E-state index is 11.3. The number of ether oxygens (including phenoxy) is 1. The Morgan fingerprint density at radius 3 is 2.93 bits per heavy atom. The Kier molecular flexibility index (Phi) is 2.28. The average molecular weight is 206 g/mol. The second-order valence-electron chi connectivity index (χ2n) is 3.47. The maximum Gasteiger partial charge on any atom is 0.314 e. The molecule has 1 N–H and O–H groups in total. The molecule has 0 aliphatic carbocycles. The van der Waals surface area contributed by atoms with Crippen LogP contribution in [0.15, 0.2) is 18.2 Å². The van der Waals surface area contributed by atoms with Crippen molar-refractivity contribution in [2.24, 2.45) is 0 Å². The molecule has 4 nitrogen and oxygen atoms in total. The van der Waals surface area contributed by atoms with Gasteiger partial charge in [-0.1, -0.05) is 12.1 Å². The Labute approximate surface area is 86.5 Å². The number of ketones is 1. The third-order valence-electron chi connectivity index (χ3n) is 2.36. The van der Waals surface area contributed by atoms with Gasteiger partial charge in [-0.3, -0.25) is 9.59 Å². The highest BCUT2D eigenvalue weighted by atomic mass is 16.5. The molecule has 0 radical (unpaired) electrons. The monoisotopic (exact) mass is 206 g/mol. The quantitative estimate of drug-likeness (QED) is 0.426. The summed E-state index contributed by atoms with van der Waals surface area (Å²) in [7, 11) is 0. The molecule has 0 spiro atoms. The number of aliphatic hydroxyl groups is 1. The van der Waals surface area contributed by atoms with E-state index in [4.69, 9.17) is 4.74 Å². The predicted molar refractivity (Wildman–Crippen MR) is 51.7 cm³/mol. The lowest BCUT2D eigenvalue weighted by Gasteiger charge is -2.21. The van der Waals surface area contributed by atoms with E-state index < -0.39 is 12.1 Å². The molecule has 0 bridgehead atoms. The van der Waals surface area contributed by atoms with Gasteiger partial charge in [0.2, 0.25) is 0 Å². The van der Waals surface area contributed by atoms with Crippen molar-refractivity contribution in [2.45, 2.75) is 19.4 Å². The van der Waals surface area contributed by atoms with Crippen LogP contribution in [0, 0.1) is 0 Å². The molecule has 2 rings (SSSR count). The van der Waals surface area contributed by atoms with Crippen molar-refractivity contribution >= 4 is 11.8 Å². The largest absolute Gasteiger partial charge is 0.425 e. The molecule has 0 fully saturated rings. The molecule has 0 saturated carbocycles. The first-order chi connectivity index (χ1) is 7.09. The van der Waals surface area contributed by atoms with Crippen molar-refractivity contribution in [1.82, 2.24) is 0 Å². The van der Waals surface area contributed by atoms with Crippen LogP contribution in [0.25, 0.3) is 0 Å². The van der Waals surface area contributed by atoms with Crippen LogP contribution >= 0.6 is 0 Å². The molecule has 0 saturated heterocycles. The average Bonchev–Trinajstić information content (AvgIpc) is 2.16. The molecular formula is C11H10O4. The van der Waals surface area contributed by atoms with E-state index in [-0.39, 0.29) is 18.0 Å². The Bertz CT molecular complexity index is 436. The van der Waals surface area contributed by atoms with Crippen molar-refractivity contribution in [3.8, 4) is 5.75 Å². The van der Waals surface area contributed by atoms with Crippen molar-refractivity contribution in [2.75, 3.05) is 0 Å². The van der Waals surface area contributed by atoms with E-state index in [1.165, 1.54) is 6.92 Å². The number of Topliss-reactive ketones (excluding diaryl/α,β-unsaturated/α-hetero) is 1. The van der Waals surface area contributed by atoms with Gasteiger partial charge in [0.1, 0.15) is 5.75 Å². The van der Waals surface area contributed by atoms with Crippen molar-refractivity contribution in [3.05, 3.63) is 29.3 Å². The van der Waals surface area contributed by atoms with E-state index in [2.05, 4.69) is 0 Å². The van der Waals surface area contributed by atoms with Crippen molar-refractivity contribution in [3.63, 3.8) is 0 Å². The second-order valence-corrected chi connectivity index (χ2v) is 3.47. The lowest BCUT2D eigenvalue weighted by molar-refractivity contribution is -0.138. The zero-order valence-electron chi connectivity index (χ0n) is 8.19. The summed E-state index contributed by atoms with van der Waals surface area (Å²) in [5.74, 6) is -0.494. The number of hydrogen-bond donors (Lipinski definition) is 1. The molecular weight excluding hydrogens is 196 g/mol. The van der Waals surface area contributed by atoms with Gasteiger partial charge in [0.15, 0.2) is 5.78 Å². The summed E-state index contributed by atoms with van der Waals surface area (Å²) >= 11 is 0. The molecule has 0 amide bonds. The van der Waals surface area contributed by atoms with Crippen LogP contribution in [0.3, 0.4) is 0 Å². The van der Waals surface area contributed by atoms with E-state index in [0.29, 0.717) is 11.1 Å². The van der Waals surface area contributed by atoms with Crippen LogP contribution < -0.4 is 4.74 Å². The van der Waals surface area contributed by atoms with E-state index in [1.54, 1.807) is 18.2 Å². The molecule has 1 aliphatic heterocycles. The van der Waals surface area contributed by atoms with Gasteiger partial charge in [-0.15, -0.1) is 0 Å². The van der Waals surface area contributed by atoms with Crippen LogP contribution in [0.4, 0.5) is 0 Å². The summed E-state index contributed by atoms with van der Waals surface area (Å²) in [4.78, 5) is 22.4. The summed E-state index contributed by atoms with van der Waals surface area (Å²) in [6.07, 6.45) is -0.936. The minimum atomic E-state index is -0.874. The van der Waals surface area contributed by atoms with Gasteiger partial charge in [-0.2, -0.15) is 0 Å². The van der Waals surface area contributed by atoms with Gasteiger partial charge < -0.3 is 9.84 Å². The summed E-state index contributed by atoms with van der Waals surface area (Å²) in [5.41, 5.74) is 0.835. The summed E-state index contributed by atoms with van der Waals surface area (Å²) in [6, 6.07) is 4.89. The van der Waals surface area contributed by atoms with Gasteiger partial charge in [0.05, 0.1) is 18.1 Å². The molecule has 1 aliphatic rings. The Morgan fingerprint density at radius 2 is 2.27 bits per heavy atom. The topological polar surface area (TPSA) is 63.6 Å². The zero-order valence-corrected chi connectivity index (χ0v) is 8.19. The normalized spacial score (nSPS) is 19.3. The van der Waals surface area contributed by atoms with E-state index in [0.717, 1.165) is 0 Å². The minimum Gasteiger partial charge on any atom is -0.425 e. The highest BCUT2D eigenvalue weighted by Gasteiger charge is 2.28. The standard InChI is InChI=1S/C11H10O4/c1-6(12)7-3-2-4-8-9(13)5-10(14)15-11(7)8/h2-4,9,13H,5H2,1H3. The minimum absolute atomic E-state index is 0.0612. The van der Waals surface area contributed by atoms with Crippen molar-refractivity contribution in [1.29, 1.82) is 0 Å². The number of fused-ring (bicyclic) bond motifs is 1. The number of benzene rings is 1. The third-order valence-corrected chi connectivity index (χ3v) is 2.36. The lowest BCUT2D eigenvalue weighted by atomic mass is 9.98. The fourth-order valence-corrected chi connectivity index (χ4v) is 1.63. The zero-order chi connectivity index (χ0) is 11.0. The lowest BCUT2D eigenvalue weighted by Crippen LogP contribution is -2.21. The number of esters is 1. The van der Waals surface area contributed by atoms with Gasteiger partial charge >= 0.3 is 5.97 Å². The molecule has 1 atom stereocenters. The molecule has 1 aromatic rings. The fraction of sp³-hybridized carbons (Fsp3) is 0.273. The van der Waals surface area contributed by atoms with Crippen LogP contribution in [0.5, 0.6) is 5.75 Å². The first-order valence-corrected chi connectivity index (χ1v) is 4.62. The Hall–Kier alpha value is -1.68. The molecule has 4 heteroatoms. The molecule has 78 valence electrons. The van der Waals surface area contributed by atoms with E-state index in [1.807, 2.05) is 0 Å². The smallest absolute Gasteiger partial charge is 0.314 e. The van der Waals surface area contributed by atoms with E-state index >= 15 is 0 Å². The number of aliphatic hydroxyl groups excluding tert-OH is 1. The number of para-hydroxylation sites is 1. The Balaban J connectivity index is 2.59. The highest BCUT2D eigenvalue weighted by Crippen LogP contribution is 2.35. The van der Waals surface area contributed by atoms with Crippen molar-refractivity contribution < 1.29 is 19.4 Å². The third kappa shape index (κ3) is 1.64. The number of hydrogen-bond acceptors (Lipinski definition) is 4. The molecule has 0 aromatic heterocycles. The SMILES string of the molecule is CC(=O)c1cccc2c1OC(=O)CC2O. The van der Waals surface area contributed by atoms with Crippen LogP contribution in [-0.2, 0) is 4.79 Å². The van der Waals surface area contributed by atoms with Gasteiger partial charge in [0, 0.05) is 5.56 Å².